The van der Waals surface area contributed by atoms with Gasteiger partial charge in [-0.1, -0.05) is 0 Å². The SMILES string of the molecule is Cc1nnc(NC(C)CC(=O)O)c(C#N)c1C. The summed E-state index contributed by atoms with van der Waals surface area (Å²) in [7, 11) is 0. The van der Waals surface area contributed by atoms with Crippen LogP contribution >= 0.6 is 0 Å². The molecule has 0 aliphatic carbocycles. The fourth-order valence-electron chi connectivity index (χ4n) is 1.39. The second kappa shape index (κ2) is 5.25. The molecule has 1 heterocycles. The monoisotopic (exact) mass is 234 g/mol. The van der Waals surface area contributed by atoms with Gasteiger partial charge in [-0.05, 0) is 26.3 Å². The van der Waals surface area contributed by atoms with E-state index >= 15 is 0 Å². The Bertz CT molecular complexity index is 479. The van der Waals surface area contributed by atoms with Crippen molar-refractivity contribution < 1.29 is 9.90 Å². The number of nitrogens with one attached hydrogen (secondary N) is 1. The lowest BCUT2D eigenvalue weighted by Crippen LogP contribution is -2.21. The molecule has 1 unspecified atom stereocenters. The number of aromatic nitrogens is 2. The smallest absolute Gasteiger partial charge is 0.305 e. The van der Waals surface area contributed by atoms with E-state index in [9.17, 15) is 4.79 Å². The molecule has 0 amide bonds. The zero-order valence-corrected chi connectivity index (χ0v) is 9.98. The number of carboxylic acids is 1. The Hall–Kier alpha value is -2.16. The zero-order chi connectivity index (χ0) is 13.0. The molecule has 0 aliphatic heterocycles. The van der Waals surface area contributed by atoms with Crippen LogP contribution in [0.15, 0.2) is 0 Å². The molecule has 0 saturated carbocycles. The molecular weight excluding hydrogens is 220 g/mol. The van der Waals surface area contributed by atoms with Gasteiger partial charge in [0.1, 0.15) is 11.6 Å². The summed E-state index contributed by atoms with van der Waals surface area (Å²) in [6.45, 7) is 5.27. The quantitative estimate of drug-likeness (QED) is 0.813. The minimum absolute atomic E-state index is 0.0422. The highest BCUT2D eigenvalue weighted by Gasteiger charge is 2.14. The molecule has 1 aromatic heterocycles. The second-order valence-corrected chi connectivity index (χ2v) is 3.89. The van der Waals surface area contributed by atoms with Gasteiger partial charge in [0.05, 0.1) is 12.1 Å². The normalized spacial score (nSPS) is 11.6. The summed E-state index contributed by atoms with van der Waals surface area (Å²) in [4.78, 5) is 10.5. The van der Waals surface area contributed by atoms with E-state index in [1.165, 1.54) is 0 Å². The van der Waals surface area contributed by atoms with Gasteiger partial charge < -0.3 is 10.4 Å². The molecule has 6 nitrogen and oxygen atoms in total. The Balaban J connectivity index is 2.96. The number of carboxylic acid groups (broad SMARTS) is 1. The molecule has 0 radical (unpaired) electrons. The molecular formula is C11H14N4O2. The number of aliphatic carboxylic acids is 1. The van der Waals surface area contributed by atoms with E-state index in [0.29, 0.717) is 17.1 Å². The van der Waals surface area contributed by atoms with Crippen molar-refractivity contribution in [1.29, 1.82) is 5.26 Å². The Morgan fingerprint density at radius 2 is 2.18 bits per heavy atom. The molecule has 1 rings (SSSR count). The first-order valence-electron chi connectivity index (χ1n) is 5.18. The van der Waals surface area contributed by atoms with E-state index in [4.69, 9.17) is 10.4 Å². The molecule has 0 bridgehead atoms. The van der Waals surface area contributed by atoms with Gasteiger partial charge in [0.15, 0.2) is 5.82 Å². The van der Waals surface area contributed by atoms with Crippen LogP contribution in [-0.4, -0.2) is 27.3 Å². The Morgan fingerprint density at radius 1 is 1.53 bits per heavy atom. The third kappa shape index (κ3) is 3.14. The fraction of sp³-hybridized carbons (Fsp3) is 0.455. The van der Waals surface area contributed by atoms with Crippen LogP contribution in [0.2, 0.25) is 0 Å². The van der Waals surface area contributed by atoms with Gasteiger partial charge in [-0.15, -0.1) is 5.10 Å². The molecule has 0 spiro atoms. The Labute approximate surface area is 99.3 Å². The molecule has 90 valence electrons. The maximum atomic E-state index is 10.5. The van der Waals surface area contributed by atoms with Crippen LogP contribution < -0.4 is 5.32 Å². The summed E-state index contributed by atoms with van der Waals surface area (Å²) in [5.41, 5.74) is 1.86. The van der Waals surface area contributed by atoms with Gasteiger partial charge >= 0.3 is 5.97 Å². The number of nitriles is 1. The fourth-order valence-corrected chi connectivity index (χ4v) is 1.39. The predicted octanol–water partition coefficient (Wildman–Crippen LogP) is 1.24. The molecule has 1 atom stereocenters. The summed E-state index contributed by atoms with van der Waals surface area (Å²) in [5.74, 6) is -0.565. The number of aryl methyl sites for hydroxylation is 1. The summed E-state index contributed by atoms with van der Waals surface area (Å²) >= 11 is 0. The number of carbonyl (C=O) groups is 1. The number of hydrogen-bond donors (Lipinski definition) is 2. The molecule has 17 heavy (non-hydrogen) atoms. The van der Waals surface area contributed by atoms with Crippen molar-refractivity contribution in [3.05, 3.63) is 16.8 Å². The van der Waals surface area contributed by atoms with Crippen molar-refractivity contribution in [3.8, 4) is 6.07 Å². The summed E-state index contributed by atoms with van der Waals surface area (Å²) in [5, 5.41) is 28.4. The van der Waals surface area contributed by atoms with Crippen LogP contribution in [0.5, 0.6) is 0 Å². The van der Waals surface area contributed by atoms with Gasteiger partial charge in [0, 0.05) is 6.04 Å². The van der Waals surface area contributed by atoms with Crippen molar-refractivity contribution >= 4 is 11.8 Å². The van der Waals surface area contributed by atoms with Crippen LogP contribution in [0.4, 0.5) is 5.82 Å². The van der Waals surface area contributed by atoms with Crippen LogP contribution in [0.3, 0.4) is 0 Å². The number of hydrogen-bond acceptors (Lipinski definition) is 5. The average Bonchev–Trinajstić information content (AvgIpc) is 2.23. The summed E-state index contributed by atoms with van der Waals surface area (Å²) in [6, 6.07) is 1.74. The minimum atomic E-state index is -0.902. The third-order valence-electron chi connectivity index (χ3n) is 2.43. The number of rotatable bonds is 4. The van der Waals surface area contributed by atoms with Crippen LogP contribution in [0.25, 0.3) is 0 Å². The molecule has 6 heteroatoms. The van der Waals surface area contributed by atoms with Crippen molar-refractivity contribution in [2.24, 2.45) is 0 Å². The van der Waals surface area contributed by atoms with Gasteiger partial charge in [-0.3, -0.25) is 4.79 Å². The van der Waals surface area contributed by atoms with E-state index < -0.39 is 5.97 Å². The zero-order valence-electron chi connectivity index (χ0n) is 9.98. The largest absolute Gasteiger partial charge is 0.481 e. The van der Waals surface area contributed by atoms with Crippen molar-refractivity contribution in [2.75, 3.05) is 5.32 Å². The Kier molecular flexibility index (Phi) is 3.99. The maximum absolute atomic E-state index is 10.5. The average molecular weight is 234 g/mol. The van der Waals surface area contributed by atoms with Crippen molar-refractivity contribution in [3.63, 3.8) is 0 Å². The highest BCUT2D eigenvalue weighted by Crippen LogP contribution is 2.18. The lowest BCUT2D eigenvalue weighted by Gasteiger charge is -2.14. The first kappa shape index (κ1) is 12.9. The van der Waals surface area contributed by atoms with E-state index in [1.54, 1.807) is 20.8 Å². The number of nitrogens with zero attached hydrogens (tertiary/aromatic N) is 3. The van der Waals surface area contributed by atoms with Crippen molar-refractivity contribution in [2.45, 2.75) is 33.2 Å². The van der Waals surface area contributed by atoms with E-state index in [1.807, 2.05) is 0 Å². The number of anilines is 1. The first-order valence-corrected chi connectivity index (χ1v) is 5.18. The second-order valence-electron chi connectivity index (χ2n) is 3.89. The first-order chi connectivity index (χ1) is 7.95. The van der Waals surface area contributed by atoms with Crippen LogP contribution in [-0.2, 0) is 4.79 Å². The predicted molar refractivity (Wildman–Crippen MR) is 61.6 cm³/mol. The van der Waals surface area contributed by atoms with Gasteiger partial charge in [-0.25, -0.2) is 0 Å². The van der Waals surface area contributed by atoms with Gasteiger partial charge in [0.2, 0.25) is 0 Å². The highest BCUT2D eigenvalue weighted by atomic mass is 16.4. The van der Waals surface area contributed by atoms with E-state index in [2.05, 4.69) is 21.6 Å². The molecule has 0 fully saturated rings. The minimum Gasteiger partial charge on any atom is -0.481 e. The Morgan fingerprint density at radius 3 is 2.71 bits per heavy atom. The lowest BCUT2D eigenvalue weighted by molar-refractivity contribution is -0.137. The van der Waals surface area contributed by atoms with Gasteiger partial charge in [0.25, 0.3) is 0 Å². The van der Waals surface area contributed by atoms with Crippen LogP contribution in [0, 0.1) is 25.2 Å². The van der Waals surface area contributed by atoms with Crippen LogP contribution in [0.1, 0.15) is 30.2 Å². The van der Waals surface area contributed by atoms with Crippen molar-refractivity contribution in [1.82, 2.24) is 10.2 Å². The standard InChI is InChI=1S/C11H14N4O2/c1-6(4-10(16)17)13-11-9(5-12)7(2)8(3)14-15-11/h6H,4H2,1-3H3,(H,13,15)(H,16,17). The topological polar surface area (TPSA) is 98.9 Å². The summed E-state index contributed by atoms with van der Waals surface area (Å²) in [6.07, 6.45) is -0.0422. The van der Waals surface area contributed by atoms with E-state index in [0.717, 1.165) is 5.56 Å². The third-order valence-corrected chi connectivity index (χ3v) is 2.43. The molecule has 0 aromatic carbocycles. The molecule has 1 aromatic rings. The molecule has 2 N–H and O–H groups in total. The lowest BCUT2D eigenvalue weighted by atomic mass is 10.1. The highest BCUT2D eigenvalue weighted by molar-refractivity contribution is 5.68. The molecule has 0 saturated heterocycles. The van der Waals surface area contributed by atoms with E-state index in [-0.39, 0.29) is 12.5 Å². The molecule has 0 aliphatic rings. The summed E-state index contributed by atoms with van der Waals surface area (Å²) < 4.78 is 0. The maximum Gasteiger partial charge on any atom is 0.305 e. The van der Waals surface area contributed by atoms with Gasteiger partial charge in [-0.2, -0.15) is 10.4 Å².